The molecule has 0 spiro atoms. The first-order chi connectivity index (χ1) is 9.22. The maximum atomic E-state index is 11.7. The molecule has 106 valence electrons. The molecule has 0 atom stereocenters. The lowest BCUT2D eigenvalue weighted by molar-refractivity contribution is 0.0951. The zero-order chi connectivity index (χ0) is 14.1. The van der Waals surface area contributed by atoms with E-state index in [0.717, 1.165) is 5.69 Å². The van der Waals surface area contributed by atoms with Gasteiger partial charge in [-0.2, -0.15) is 0 Å². The summed E-state index contributed by atoms with van der Waals surface area (Å²) >= 11 is 0. The molecule has 1 aromatic rings. The predicted molar refractivity (Wildman–Crippen MR) is 73.4 cm³/mol. The van der Waals surface area contributed by atoms with Crippen LogP contribution in [0.1, 0.15) is 17.4 Å². The van der Waals surface area contributed by atoms with Crippen molar-refractivity contribution in [1.29, 1.82) is 0 Å². The number of aliphatic hydroxyl groups excluding tert-OH is 1. The standard InChI is InChI=1S/C13H21N3O3/c1-3-14-13(18)12-10-11(4-5-15-12)16(6-8-17)7-9-19-2/h4-5,10,17H,3,6-9H2,1-2H3,(H,14,18). The molecule has 0 fully saturated rings. The molecule has 0 unspecified atom stereocenters. The molecule has 0 aliphatic rings. The molecule has 1 aromatic heterocycles. The molecule has 0 aliphatic heterocycles. The Morgan fingerprint density at radius 3 is 2.95 bits per heavy atom. The van der Waals surface area contributed by atoms with Crippen LogP contribution in [0.25, 0.3) is 0 Å². The quantitative estimate of drug-likeness (QED) is 0.707. The number of methoxy groups -OCH3 is 1. The van der Waals surface area contributed by atoms with E-state index in [1.54, 1.807) is 19.4 Å². The van der Waals surface area contributed by atoms with Gasteiger partial charge in [0.1, 0.15) is 5.69 Å². The number of anilines is 1. The zero-order valence-corrected chi connectivity index (χ0v) is 11.4. The van der Waals surface area contributed by atoms with Crippen LogP contribution in [0.5, 0.6) is 0 Å². The highest BCUT2D eigenvalue weighted by Gasteiger charge is 2.10. The molecule has 1 rings (SSSR count). The maximum absolute atomic E-state index is 11.7. The van der Waals surface area contributed by atoms with Crippen LogP contribution < -0.4 is 10.2 Å². The van der Waals surface area contributed by atoms with Gasteiger partial charge in [0.15, 0.2) is 0 Å². The highest BCUT2D eigenvalue weighted by Crippen LogP contribution is 2.14. The van der Waals surface area contributed by atoms with Gasteiger partial charge in [-0.05, 0) is 19.1 Å². The van der Waals surface area contributed by atoms with Gasteiger partial charge >= 0.3 is 0 Å². The fourth-order valence-corrected chi connectivity index (χ4v) is 1.68. The fraction of sp³-hybridized carbons (Fsp3) is 0.538. The van der Waals surface area contributed by atoms with Gasteiger partial charge in [0.25, 0.3) is 5.91 Å². The van der Waals surface area contributed by atoms with Crippen LogP contribution in [0.3, 0.4) is 0 Å². The average molecular weight is 267 g/mol. The Labute approximate surface area is 113 Å². The summed E-state index contributed by atoms with van der Waals surface area (Å²) < 4.78 is 5.04. The number of carbonyl (C=O) groups is 1. The lowest BCUT2D eigenvalue weighted by Gasteiger charge is -2.23. The Morgan fingerprint density at radius 1 is 1.53 bits per heavy atom. The highest BCUT2D eigenvalue weighted by atomic mass is 16.5. The SMILES string of the molecule is CCNC(=O)c1cc(N(CCO)CCOC)ccn1. The van der Waals surface area contributed by atoms with E-state index >= 15 is 0 Å². The Balaban J connectivity index is 2.84. The maximum Gasteiger partial charge on any atom is 0.269 e. The van der Waals surface area contributed by atoms with Crippen molar-refractivity contribution >= 4 is 11.6 Å². The Hall–Kier alpha value is -1.66. The smallest absolute Gasteiger partial charge is 0.269 e. The molecule has 6 nitrogen and oxygen atoms in total. The third-order valence-electron chi connectivity index (χ3n) is 2.61. The molecule has 0 aromatic carbocycles. The van der Waals surface area contributed by atoms with Crippen LogP contribution in [0.2, 0.25) is 0 Å². The first-order valence-electron chi connectivity index (χ1n) is 6.32. The molecule has 1 amide bonds. The zero-order valence-electron chi connectivity index (χ0n) is 11.4. The van der Waals surface area contributed by atoms with Gasteiger partial charge in [0.2, 0.25) is 0 Å². The summed E-state index contributed by atoms with van der Waals surface area (Å²) in [6, 6.07) is 3.53. The van der Waals surface area contributed by atoms with Gasteiger partial charge in [0, 0.05) is 38.6 Å². The minimum atomic E-state index is -0.194. The van der Waals surface area contributed by atoms with Crippen LogP contribution >= 0.6 is 0 Å². The fourth-order valence-electron chi connectivity index (χ4n) is 1.68. The number of aromatic nitrogens is 1. The van der Waals surface area contributed by atoms with Crippen molar-refractivity contribution in [2.75, 3.05) is 44.9 Å². The molecular formula is C13H21N3O3. The van der Waals surface area contributed by atoms with Crippen LogP contribution in [-0.2, 0) is 4.74 Å². The van der Waals surface area contributed by atoms with E-state index in [1.807, 2.05) is 17.9 Å². The number of aliphatic hydroxyl groups is 1. The number of pyridine rings is 1. The van der Waals surface area contributed by atoms with E-state index in [9.17, 15) is 4.79 Å². The Morgan fingerprint density at radius 2 is 2.32 bits per heavy atom. The van der Waals surface area contributed by atoms with Crippen molar-refractivity contribution in [3.8, 4) is 0 Å². The third-order valence-corrected chi connectivity index (χ3v) is 2.61. The first kappa shape index (κ1) is 15.4. The molecular weight excluding hydrogens is 246 g/mol. The van der Waals surface area contributed by atoms with Gasteiger partial charge in [-0.25, -0.2) is 0 Å². The summed E-state index contributed by atoms with van der Waals surface area (Å²) in [4.78, 5) is 17.7. The summed E-state index contributed by atoms with van der Waals surface area (Å²) in [6.45, 7) is 4.16. The second-order valence-electron chi connectivity index (χ2n) is 3.96. The number of amides is 1. The molecule has 0 saturated heterocycles. The lowest BCUT2D eigenvalue weighted by atomic mass is 10.2. The molecule has 0 aliphatic carbocycles. The molecule has 0 saturated carbocycles. The molecule has 2 N–H and O–H groups in total. The summed E-state index contributed by atoms with van der Waals surface area (Å²) in [5.74, 6) is -0.194. The molecule has 6 heteroatoms. The first-order valence-corrected chi connectivity index (χ1v) is 6.32. The predicted octanol–water partition coefficient (Wildman–Crippen LogP) is 0.276. The third kappa shape index (κ3) is 4.84. The largest absolute Gasteiger partial charge is 0.395 e. The Kier molecular flexibility index (Phi) is 6.84. The van der Waals surface area contributed by atoms with Crippen LogP contribution in [0.15, 0.2) is 18.3 Å². The van der Waals surface area contributed by atoms with Gasteiger partial charge in [-0.1, -0.05) is 0 Å². The van der Waals surface area contributed by atoms with E-state index in [1.165, 1.54) is 0 Å². The second-order valence-corrected chi connectivity index (χ2v) is 3.96. The number of nitrogens with one attached hydrogen (secondary N) is 1. The molecule has 0 radical (unpaired) electrons. The normalized spacial score (nSPS) is 10.3. The summed E-state index contributed by atoms with van der Waals surface area (Å²) in [5, 5.41) is 11.8. The topological polar surface area (TPSA) is 74.7 Å². The van der Waals surface area contributed by atoms with Crippen molar-refractivity contribution < 1.29 is 14.6 Å². The minimum Gasteiger partial charge on any atom is -0.395 e. The summed E-state index contributed by atoms with van der Waals surface area (Å²) in [7, 11) is 1.63. The van der Waals surface area contributed by atoms with Gasteiger partial charge in [0.05, 0.1) is 13.2 Å². The van der Waals surface area contributed by atoms with Crippen LogP contribution in [0, 0.1) is 0 Å². The van der Waals surface area contributed by atoms with Crippen LogP contribution in [0.4, 0.5) is 5.69 Å². The molecule has 1 heterocycles. The average Bonchev–Trinajstić information content (AvgIpc) is 2.44. The number of carbonyl (C=O) groups excluding carboxylic acids is 1. The number of hydrogen-bond donors (Lipinski definition) is 2. The summed E-state index contributed by atoms with van der Waals surface area (Å²) in [5.41, 5.74) is 1.22. The van der Waals surface area contributed by atoms with E-state index in [-0.39, 0.29) is 12.5 Å². The van der Waals surface area contributed by atoms with Crippen molar-refractivity contribution in [2.24, 2.45) is 0 Å². The number of rotatable bonds is 8. The van der Waals surface area contributed by atoms with Crippen molar-refractivity contribution in [3.05, 3.63) is 24.0 Å². The molecule has 0 bridgehead atoms. The van der Waals surface area contributed by atoms with E-state index in [0.29, 0.717) is 31.9 Å². The van der Waals surface area contributed by atoms with E-state index in [2.05, 4.69) is 10.3 Å². The number of nitrogens with zero attached hydrogens (tertiary/aromatic N) is 2. The van der Waals surface area contributed by atoms with Crippen molar-refractivity contribution in [1.82, 2.24) is 10.3 Å². The lowest BCUT2D eigenvalue weighted by Crippen LogP contribution is -2.31. The Bertz CT molecular complexity index is 398. The summed E-state index contributed by atoms with van der Waals surface area (Å²) in [6.07, 6.45) is 1.59. The van der Waals surface area contributed by atoms with Gasteiger partial charge in [-0.15, -0.1) is 0 Å². The second kappa shape index (κ2) is 8.44. The van der Waals surface area contributed by atoms with Crippen molar-refractivity contribution in [2.45, 2.75) is 6.92 Å². The molecule has 19 heavy (non-hydrogen) atoms. The van der Waals surface area contributed by atoms with E-state index in [4.69, 9.17) is 9.84 Å². The monoisotopic (exact) mass is 267 g/mol. The number of hydrogen-bond acceptors (Lipinski definition) is 5. The van der Waals surface area contributed by atoms with Crippen molar-refractivity contribution in [3.63, 3.8) is 0 Å². The minimum absolute atomic E-state index is 0.0442. The highest BCUT2D eigenvalue weighted by molar-refractivity contribution is 5.93. The van der Waals surface area contributed by atoms with E-state index < -0.39 is 0 Å². The van der Waals surface area contributed by atoms with Gasteiger partial charge in [-0.3, -0.25) is 9.78 Å². The number of ether oxygens (including phenoxy) is 1. The van der Waals surface area contributed by atoms with Crippen LogP contribution in [-0.4, -0.2) is 56.0 Å². The van der Waals surface area contributed by atoms with Gasteiger partial charge < -0.3 is 20.1 Å².